The van der Waals surface area contributed by atoms with E-state index < -0.39 is 5.82 Å². The van der Waals surface area contributed by atoms with Gasteiger partial charge in [-0.2, -0.15) is 0 Å². The molecule has 6 heteroatoms. The standard InChI is InChI=1S/C12H7ClFN3O/c13-10-2-1-9(16-17-10)6-3-7-5-15-12(18)11(7)8(14)4-6/h1-4H,5H2,(H,15,18). The summed E-state index contributed by atoms with van der Waals surface area (Å²) in [6.45, 7) is 0.333. The number of hydrogen-bond acceptors (Lipinski definition) is 3. The quantitative estimate of drug-likeness (QED) is 0.858. The van der Waals surface area contributed by atoms with E-state index in [2.05, 4.69) is 15.5 Å². The van der Waals surface area contributed by atoms with E-state index in [0.717, 1.165) is 0 Å². The maximum Gasteiger partial charge on any atom is 0.254 e. The van der Waals surface area contributed by atoms with Gasteiger partial charge >= 0.3 is 0 Å². The van der Waals surface area contributed by atoms with Crippen LogP contribution in [0.1, 0.15) is 15.9 Å². The molecule has 1 aromatic carbocycles. The van der Waals surface area contributed by atoms with Crippen LogP contribution < -0.4 is 5.32 Å². The summed E-state index contributed by atoms with van der Waals surface area (Å²) in [5.41, 5.74) is 1.83. The molecule has 0 unspecified atom stereocenters. The molecule has 0 spiro atoms. The van der Waals surface area contributed by atoms with Gasteiger partial charge in [0, 0.05) is 12.1 Å². The van der Waals surface area contributed by atoms with Crippen LogP contribution in [-0.4, -0.2) is 16.1 Å². The third kappa shape index (κ3) is 1.73. The normalized spacial score (nSPS) is 13.3. The predicted octanol–water partition coefficient (Wildman–Crippen LogP) is 2.18. The summed E-state index contributed by atoms with van der Waals surface area (Å²) in [7, 11) is 0. The molecule has 2 heterocycles. The summed E-state index contributed by atoms with van der Waals surface area (Å²) in [5, 5.41) is 10.4. The molecule has 1 aliphatic heterocycles. The van der Waals surface area contributed by atoms with Crippen LogP contribution in [0.5, 0.6) is 0 Å². The highest BCUT2D eigenvalue weighted by molar-refractivity contribution is 6.29. The largest absolute Gasteiger partial charge is 0.348 e. The zero-order chi connectivity index (χ0) is 12.7. The van der Waals surface area contributed by atoms with Crippen molar-refractivity contribution < 1.29 is 9.18 Å². The molecule has 1 aromatic heterocycles. The Balaban J connectivity index is 2.12. The fraction of sp³-hybridized carbons (Fsp3) is 0.0833. The van der Waals surface area contributed by atoms with Crippen molar-refractivity contribution in [3.8, 4) is 11.3 Å². The Bertz CT molecular complexity index is 643. The van der Waals surface area contributed by atoms with E-state index in [9.17, 15) is 9.18 Å². The lowest BCUT2D eigenvalue weighted by Gasteiger charge is -2.04. The van der Waals surface area contributed by atoms with Gasteiger partial charge in [0.2, 0.25) is 0 Å². The molecule has 2 aromatic rings. The molecule has 0 saturated carbocycles. The highest BCUT2D eigenvalue weighted by Crippen LogP contribution is 2.26. The van der Waals surface area contributed by atoms with Crippen LogP contribution in [0.15, 0.2) is 24.3 Å². The zero-order valence-electron chi connectivity index (χ0n) is 9.08. The molecular weight excluding hydrogens is 257 g/mol. The monoisotopic (exact) mass is 263 g/mol. The third-order valence-electron chi connectivity index (χ3n) is 2.77. The van der Waals surface area contributed by atoms with Crippen molar-refractivity contribution in [1.29, 1.82) is 0 Å². The van der Waals surface area contributed by atoms with Crippen LogP contribution >= 0.6 is 11.6 Å². The van der Waals surface area contributed by atoms with Crippen LogP contribution in [0.4, 0.5) is 4.39 Å². The van der Waals surface area contributed by atoms with Gasteiger partial charge in [-0.1, -0.05) is 11.6 Å². The van der Waals surface area contributed by atoms with Gasteiger partial charge in [0.05, 0.1) is 11.3 Å². The number of nitrogens with one attached hydrogen (secondary N) is 1. The summed E-state index contributed by atoms with van der Waals surface area (Å²) < 4.78 is 13.8. The van der Waals surface area contributed by atoms with Crippen LogP contribution in [0.3, 0.4) is 0 Å². The van der Waals surface area contributed by atoms with E-state index in [1.165, 1.54) is 6.07 Å². The lowest BCUT2D eigenvalue weighted by Crippen LogP contribution is -2.13. The van der Waals surface area contributed by atoms with Crippen LogP contribution in [0, 0.1) is 5.82 Å². The van der Waals surface area contributed by atoms with Crippen molar-refractivity contribution >= 4 is 17.5 Å². The molecule has 4 nitrogen and oxygen atoms in total. The average molecular weight is 264 g/mol. The number of carbonyl (C=O) groups excluding carboxylic acids is 1. The fourth-order valence-electron chi connectivity index (χ4n) is 1.94. The Labute approximate surface area is 107 Å². The van der Waals surface area contributed by atoms with Crippen molar-refractivity contribution in [3.05, 3.63) is 46.4 Å². The number of amides is 1. The summed E-state index contributed by atoms with van der Waals surface area (Å²) in [6.07, 6.45) is 0. The Hall–Kier alpha value is -2.01. The molecule has 0 bridgehead atoms. The highest BCUT2D eigenvalue weighted by atomic mass is 35.5. The van der Waals surface area contributed by atoms with Gasteiger partial charge in [-0.3, -0.25) is 4.79 Å². The molecule has 1 aliphatic rings. The number of rotatable bonds is 1. The average Bonchev–Trinajstić information content (AvgIpc) is 2.72. The third-order valence-corrected chi connectivity index (χ3v) is 2.97. The number of aromatic nitrogens is 2. The van der Waals surface area contributed by atoms with Gasteiger partial charge in [-0.25, -0.2) is 4.39 Å². The van der Waals surface area contributed by atoms with Crippen LogP contribution in [0.2, 0.25) is 5.15 Å². The summed E-state index contributed by atoms with van der Waals surface area (Å²) in [4.78, 5) is 11.4. The Morgan fingerprint density at radius 1 is 1.28 bits per heavy atom. The molecule has 0 atom stereocenters. The zero-order valence-corrected chi connectivity index (χ0v) is 9.83. The summed E-state index contributed by atoms with van der Waals surface area (Å²) in [5.74, 6) is -0.925. The lowest BCUT2D eigenvalue weighted by molar-refractivity contribution is 0.0962. The van der Waals surface area contributed by atoms with E-state index in [1.807, 2.05) is 0 Å². The number of benzene rings is 1. The minimum absolute atomic E-state index is 0.112. The van der Waals surface area contributed by atoms with Crippen LogP contribution in [0.25, 0.3) is 11.3 Å². The van der Waals surface area contributed by atoms with E-state index in [4.69, 9.17) is 11.6 Å². The first-order chi connectivity index (χ1) is 8.65. The SMILES string of the molecule is O=C1NCc2cc(-c3ccc(Cl)nn3)cc(F)c21. The molecular formula is C12H7ClFN3O. The first kappa shape index (κ1) is 11.1. The topological polar surface area (TPSA) is 54.9 Å². The second kappa shape index (κ2) is 4.03. The molecule has 0 radical (unpaired) electrons. The van der Waals surface area contributed by atoms with Gasteiger partial charge in [0.15, 0.2) is 5.15 Å². The van der Waals surface area contributed by atoms with Crippen molar-refractivity contribution in [2.45, 2.75) is 6.54 Å². The minimum Gasteiger partial charge on any atom is -0.348 e. The molecule has 3 rings (SSSR count). The number of hydrogen-bond donors (Lipinski definition) is 1. The summed E-state index contributed by atoms with van der Waals surface area (Å²) in [6, 6.07) is 6.25. The Kier molecular flexibility index (Phi) is 2.48. The highest BCUT2D eigenvalue weighted by Gasteiger charge is 2.24. The second-order valence-corrected chi connectivity index (χ2v) is 4.30. The van der Waals surface area contributed by atoms with Crippen LogP contribution in [-0.2, 0) is 6.54 Å². The smallest absolute Gasteiger partial charge is 0.254 e. The second-order valence-electron chi connectivity index (χ2n) is 3.92. The van der Waals surface area contributed by atoms with E-state index in [1.54, 1.807) is 18.2 Å². The van der Waals surface area contributed by atoms with E-state index in [0.29, 0.717) is 23.4 Å². The van der Waals surface area contributed by atoms with Gasteiger partial charge in [-0.05, 0) is 29.8 Å². The van der Waals surface area contributed by atoms with Gasteiger partial charge in [-0.15, -0.1) is 10.2 Å². The maximum atomic E-state index is 13.8. The molecule has 1 amide bonds. The van der Waals surface area contributed by atoms with Crippen molar-refractivity contribution in [2.24, 2.45) is 0 Å². The predicted molar refractivity (Wildman–Crippen MR) is 63.6 cm³/mol. The van der Waals surface area contributed by atoms with Crippen molar-refractivity contribution in [3.63, 3.8) is 0 Å². The molecule has 0 saturated heterocycles. The number of fused-ring (bicyclic) bond motifs is 1. The van der Waals surface area contributed by atoms with Gasteiger partial charge in [0.1, 0.15) is 5.82 Å². The minimum atomic E-state index is -0.547. The Morgan fingerprint density at radius 2 is 2.11 bits per heavy atom. The first-order valence-electron chi connectivity index (χ1n) is 5.25. The molecule has 1 N–H and O–H groups in total. The van der Waals surface area contributed by atoms with Gasteiger partial charge < -0.3 is 5.32 Å². The molecule has 90 valence electrons. The van der Waals surface area contributed by atoms with E-state index >= 15 is 0 Å². The fourth-order valence-corrected chi connectivity index (χ4v) is 2.04. The lowest BCUT2D eigenvalue weighted by atomic mass is 10.0. The molecule has 0 fully saturated rings. The van der Waals surface area contributed by atoms with Crippen molar-refractivity contribution in [2.75, 3.05) is 0 Å². The van der Waals surface area contributed by atoms with E-state index in [-0.39, 0.29) is 16.6 Å². The number of nitrogens with zero attached hydrogens (tertiary/aromatic N) is 2. The van der Waals surface area contributed by atoms with Crippen molar-refractivity contribution in [1.82, 2.24) is 15.5 Å². The summed E-state index contributed by atoms with van der Waals surface area (Å²) >= 11 is 5.64. The first-order valence-corrected chi connectivity index (χ1v) is 5.63. The van der Waals surface area contributed by atoms with Gasteiger partial charge in [0.25, 0.3) is 5.91 Å². The molecule has 18 heavy (non-hydrogen) atoms. The molecule has 0 aliphatic carbocycles. The Morgan fingerprint density at radius 3 is 2.83 bits per heavy atom. The number of carbonyl (C=O) groups is 1. The number of halogens is 2. The maximum absolute atomic E-state index is 13.8.